The van der Waals surface area contributed by atoms with Crippen LogP contribution < -0.4 is 10.6 Å². The van der Waals surface area contributed by atoms with Crippen LogP contribution in [0, 0.1) is 0 Å². The van der Waals surface area contributed by atoms with Crippen LogP contribution in [0.25, 0.3) is 0 Å². The first-order valence-corrected chi connectivity index (χ1v) is 7.28. The number of carbonyl (C=O) groups is 2. The van der Waals surface area contributed by atoms with Gasteiger partial charge in [-0.25, -0.2) is 0 Å². The second-order valence-corrected chi connectivity index (χ2v) is 5.52. The van der Waals surface area contributed by atoms with E-state index in [0.717, 1.165) is 32.2 Å². The third-order valence-electron chi connectivity index (χ3n) is 3.76. The number of amides is 1. The number of rotatable bonds is 8. The van der Waals surface area contributed by atoms with E-state index in [2.05, 4.69) is 17.6 Å². The maximum absolute atomic E-state index is 12.4. The summed E-state index contributed by atoms with van der Waals surface area (Å²) in [7, 11) is 0. The Balaban J connectivity index is 2.41. The van der Waals surface area contributed by atoms with Crippen LogP contribution >= 0.6 is 0 Å². The minimum Gasteiger partial charge on any atom is -0.481 e. The number of carboxylic acids is 1. The second kappa shape index (κ2) is 7.48. The van der Waals surface area contributed by atoms with E-state index in [1.807, 2.05) is 6.92 Å². The van der Waals surface area contributed by atoms with E-state index >= 15 is 0 Å². The average molecular weight is 270 g/mol. The van der Waals surface area contributed by atoms with Gasteiger partial charge in [-0.05, 0) is 45.6 Å². The lowest BCUT2D eigenvalue weighted by atomic mass is 9.90. The molecule has 1 fully saturated rings. The van der Waals surface area contributed by atoms with Crippen molar-refractivity contribution in [2.75, 3.05) is 6.54 Å². The monoisotopic (exact) mass is 270 g/mol. The van der Waals surface area contributed by atoms with Gasteiger partial charge in [0.15, 0.2) is 0 Å². The number of nitrogens with one attached hydrogen (secondary N) is 2. The van der Waals surface area contributed by atoms with Gasteiger partial charge >= 0.3 is 5.97 Å². The Kier molecular flexibility index (Phi) is 6.28. The molecule has 0 saturated carbocycles. The molecule has 0 aromatic carbocycles. The molecule has 5 nitrogen and oxygen atoms in total. The highest BCUT2D eigenvalue weighted by molar-refractivity contribution is 5.86. The molecule has 2 unspecified atom stereocenters. The van der Waals surface area contributed by atoms with Crippen LogP contribution in [0.15, 0.2) is 0 Å². The van der Waals surface area contributed by atoms with Gasteiger partial charge in [-0.2, -0.15) is 0 Å². The Hall–Kier alpha value is -1.10. The van der Waals surface area contributed by atoms with Crippen molar-refractivity contribution < 1.29 is 14.7 Å². The molecule has 0 aromatic heterocycles. The van der Waals surface area contributed by atoms with Crippen molar-refractivity contribution in [2.24, 2.45) is 0 Å². The van der Waals surface area contributed by atoms with E-state index in [1.165, 1.54) is 0 Å². The molecule has 0 aromatic rings. The van der Waals surface area contributed by atoms with Crippen molar-refractivity contribution in [3.8, 4) is 0 Å². The fraction of sp³-hybridized carbons (Fsp3) is 0.857. The van der Waals surface area contributed by atoms with E-state index in [0.29, 0.717) is 12.8 Å². The summed E-state index contributed by atoms with van der Waals surface area (Å²) in [5.41, 5.74) is -0.393. The van der Waals surface area contributed by atoms with E-state index in [1.54, 1.807) is 0 Å². The van der Waals surface area contributed by atoms with Gasteiger partial charge in [-0.1, -0.05) is 13.3 Å². The normalized spacial score (nSPS) is 24.1. The number of hydrogen-bond acceptors (Lipinski definition) is 3. The van der Waals surface area contributed by atoms with Gasteiger partial charge < -0.3 is 15.7 Å². The summed E-state index contributed by atoms with van der Waals surface area (Å²) >= 11 is 0. The molecular formula is C14H26N2O3. The highest BCUT2D eigenvalue weighted by atomic mass is 16.4. The third kappa shape index (κ3) is 4.82. The van der Waals surface area contributed by atoms with Crippen molar-refractivity contribution >= 4 is 11.9 Å². The van der Waals surface area contributed by atoms with Crippen molar-refractivity contribution in [1.82, 2.24) is 10.6 Å². The zero-order chi connectivity index (χ0) is 14.3. The molecule has 1 aliphatic heterocycles. The molecule has 1 saturated heterocycles. The Bertz CT molecular complexity index is 312. The van der Waals surface area contributed by atoms with Crippen LogP contribution in [0.5, 0.6) is 0 Å². The lowest BCUT2D eigenvalue weighted by molar-refractivity contribution is -0.137. The number of carboxylic acid groups (broad SMARTS) is 1. The summed E-state index contributed by atoms with van der Waals surface area (Å²) in [6, 6.07) is 0.0305. The smallest absolute Gasteiger partial charge is 0.303 e. The first-order chi connectivity index (χ1) is 9.00. The Morgan fingerprint density at radius 2 is 2.21 bits per heavy atom. The van der Waals surface area contributed by atoms with Gasteiger partial charge in [0.1, 0.15) is 0 Å². The maximum Gasteiger partial charge on any atom is 0.303 e. The fourth-order valence-corrected chi connectivity index (χ4v) is 2.75. The highest BCUT2D eigenvalue weighted by Crippen LogP contribution is 2.25. The molecule has 0 aliphatic carbocycles. The standard InChI is InChI=1S/C14H26N2O3/c1-3-8-14(9-5-10-15-14)13(19)16-11(2)6-4-7-12(17)18/h11,15H,3-10H2,1-2H3,(H,16,19)(H,17,18). The summed E-state index contributed by atoms with van der Waals surface area (Å²) in [6.45, 7) is 4.93. The zero-order valence-electron chi connectivity index (χ0n) is 12.0. The SMILES string of the molecule is CCCC1(C(=O)NC(C)CCCC(=O)O)CCCN1. The van der Waals surface area contributed by atoms with Crippen molar-refractivity contribution in [2.45, 2.75) is 70.4 Å². The summed E-state index contributed by atoms with van der Waals surface area (Å²) in [6.07, 6.45) is 5.26. The minimum atomic E-state index is -0.779. The molecule has 3 N–H and O–H groups in total. The van der Waals surface area contributed by atoms with Crippen molar-refractivity contribution in [3.05, 3.63) is 0 Å². The van der Waals surface area contributed by atoms with Gasteiger partial charge in [-0.3, -0.25) is 9.59 Å². The molecule has 0 spiro atoms. The lowest BCUT2D eigenvalue weighted by Gasteiger charge is -2.29. The average Bonchev–Trinajstić information content (AvgIpc) is 2.78. The molecule has 1 rings (SSSR count). The molecule has 110 valence electrons. The maximum atomic E-state index is 12.4. The molecular weight excluding hydrogens is 244 g/mol. The van der Waals surface area contributed by atoms with E-state index in [-0.39, 0.29) is 18.4 Å². The largest absolute Gasteiger partial charge is 0.481 e. The Morgan fingerprint density at radius 1 is 1.47 bits per heavy atom. The molecule has 1 aliphatic rings. The summed E-state index contributed by atoms with van der Waals surface area (Å²) < 4.78 is 0. The van der Waals surface area contributed by atoms with Crippen LogP contribution in [0.1, 0.15) is 58.8 Å². The molecule has 1 amide bonds. The van der Waals surface area contributed by atoms with Crippen LogP contribution in [0.4, 0.5) is 0 Å². The number of hydrogen-bond donors (Lipinski definition) is 3. The quantitative estimate of drug-likeness (QED) is 0.627. The summed E-state index contributed by atoms with van der Waals surface area (Å²) in [5.74, 6) is -0.701. The molecule has 0 bridgehead atoms. The molecule has 19 heavy (non-hydrogen) atoms. The Labute approximate surface area is 115 Å². The molecule has 0 radical (unpaired) electrons. The van der Waals surface area contributed by atoms with E-state index in [4.69, 9.17) is 5.11 Å². The predicted octanol–water partition coefficient (Wildman–Crippen LogP) is 1.67. The van der Waals surface area contributed by atoms with E-state index < -0.39 is 11.5 Å². The van der Waals surface area contributed by atoms with Crippen LogP contribution in [-0.2, 0) is 9.59 Å². The highest BCUT2D eigenvalue weighted by Gasteiger charge is 2.40. The molecule has 2 atom stereocenters. The van der Waals surface area contributed by atoms with Crippen molar-refractivity contribution in [3.63, 3.8) is 0 Å². The lowest BCUT2D eigenvalue weighted by Crippen LogP contribution is -2.55. The number of carbonyl (C=O) groups excluding carboxylic acids is 1. The first-order valence-electron chi connectivity index (χ1n) is 7.28. The fourth-order valence-electron chi connectivity index (χ4n) is 2.75. The van der Waals surface area contributed by atoms with Crippen LogP contribution in [0.3, 0.4) is 0 Å². The Morgan fingerprint density at radius 3 is 2.74 bits per heavy atom. The van der Waals surface area contributed by atoms with Gasteiger partial charge in [0.25, 0.3) is 0 Å². The molecule has 1 heterocycles. The predicted molar refractivity (Wildman–Crippen MR) is 74.0 cm³/mol. The summed E-state index contributed by atoms with van der Waals surface area (Å²) in [5, 5.41) is 15.0. The summed E-state index contributed by atoms with van der Waals surface area (Å²) in [4.78, 5) is 22.8. The van der Waals surface area contributed by atoms with Gasteiger partial charge in [0.05, 0.1) is 5.54 Å². The minimum absolute atomic E-state index is 0.0305. The van der Waals surface area contributed by atoms with Crippen LogP contribution in [0.2, 0.25) is 0 Å². The second-order valence-electron chi connectivity index (χ2n) is 5.52. The number of aliphatic carboxylic acids is 1. The van der Waals surface area contributed by atoms with E-state index in [9.17, 15) is 9.59 Å². The van der Waals surface area contributed by atoms with Gasteiger partial charge in [0.2, 0.25) is 5.91 Å². The third-order valence-corrected chi connectivity index (χ3v) is 3.76. The molecule has 5 heteroatoms. The van der Waals surface area contributed by atoms with Gasteiger partial charge in [0, 0.05) is 12.5 Å². The van der Waals surface area contributed by atoms with Crippen LogP contribution in [-0.4, -0.2) is 35.1 Å². The van der Waals surface area contributed by atoms with Crippen molar-refractivity contribution in [1.29, 1.82) is 0 Å². The topological polar surface area (TPSA) is 78.4 Å². The van der Waals surface area contributed by atoms with Gasteiger partial charge in [-0.15, -0.1) is 0 Å². The zero-order valence-corrected chi connectivity index (χ0v) is 12.0. The first kappa shape index (κ1) is 16.0.